The smallest absolute Gasteiger partial charge is 0.410 e. The number of hydrogen-bond donors (Lipinski definition) is 2. The molecule has 1 rings (SSSR count). The van der Waals surface area contributed by atoms with Crippen molar-refractivity contribution in [2.24, 2.45) is 5.92 Å². The van der Waals surface area contributed by atoms with Gasteiger partial charge in [0, 0.05) is 26.2 Å². The monoisotopic (exact) mass is 326 g/mol. The molecule has 0 radical (unpaired) electrons. The van der Waals surface area contributed by atoms with Crippen LogP contribution in [0.4, 0.5) is 15.4 Å². The summed E-state index contributed by atoms with van der Waals surface area (Å²) in [5, 5.41) is 8.96. The van der Waals surface area contributed by atoms with E-state index in [0.717, 1.165) is 0 Å². The Morgan fingerprint density at radius 2 is 2.09 bits per heavy atom. The zero-order valence-corrected chi connectivity index (χ0v) is 14.6. The maximum Gasteiger partial charge on any atom is 0.410 e. The molecule has 0 fully saturated rings. The molecule has 0 spiro atoms. The molecular formula is C15H26N4O4. The number of urea groups is 1. The van der Waals surface area contributed by atoms with E-state index in [-0.39, 0.29) is 18.0 Å². The SMILES string of the molecule is Cc1cc(NC(=O)NCC(C)CN(C)C(=O)OC(C)(C)C)no1. The van der Waals surface area contributed by atoms with Gasteiger partial charge in [-0.15, -0.1) is 0 Å². The summed E-state index contributed by atoms with van der Waals surface area (Å²) in [7, 11) is 1.67. The van der Waals surface area contributed by atoms with Crippen LogP contribution in [0, 0.1) is 12.8 Å². The molecule has 1 aromatic rings. The van der Waals surface area contributed by atoms with E-state index in [9.17, 15) is 9.59 Å². The fourth-order valence-electron chi connectivity index (χ4n) is 1.80. The second-order valence-electron chi connectivity index (χ2n) is 6.62. The Bertz CT molecular complexity index is 536. The minimum absolute atomic E-state index is 0.0670. The first kappa shape index (κ1) is 18.8. The molecule has 2 N–H and O–H groups in total. The first-order valence-electron chi connectivity index (χ1n) is 7.49. The Labute approximate surface area is 136 Å². The third-order valence-corrected chi connectivity index (χ3v) is 2.77. The van der Waals surface area contributed by atoms with E-state index in [4.69, 9.17) is 9.26 Å². The average Bonchev–Trinajstić information content (AvgIpc) is 2.79. The van der Waals surface area contributed by atoms with Crippen molar-refractivity contribution >= 4 is 17.9 Å². The summed E-state index contributed by atoms with van der Waals surface area (Å²) in [5.41, 5.74) is -0.525. The second-order valence-corrected chi connectivity index (χ2v) is 6.62. The summed E-state index contributed by atoms with van der Waals surface area (Å²) in [5.74, 6) is 1.04. The van der Waals surface area contributed by atoms with Gasteiger partial charge in [0.1, 0.15) is 11.4 Å². The number of hydrogen-bond acceptors (Lipinski definition) is 5. The van der Waals surface area contributed by atoms with Crippen molar-refractivity contribution in [2.75, 3.05) is 25.5 Å². The maximum atomic E-state index is 11.9. The third kappa shape index (κ3) is 7.53. The van der Waals surface area contributed by atoms with E-state index in [0.29, 0.717) is 24.7 Å². The summed E-state index contributed by atoms with van der Waals surface area (Å²) < 4.78 is 10.1. The normalized spacial score (nSPS) is 12.4. The van der Waals surface area contributed by atoms with Gasteiger partial charge in [-0.1, -0.05) is 12.1 Å². The standard InChI is InChI=1S/C15H26N4O4/c1-10(9-19(6)14(21)22-15(3,4)5)8-16-13(20)17-12-7-11(2)23-18-12/h7,10H,8-9H2,1-6H3,(H2,16,17,18,20). The highest BCUT2D eigenvalue weighted by atomic mass is 16.6. The van der Waals surface area contributed by atoms with E-state index in [1.54, 1.807) is 20.0 Å². The fraction of sp³-hybridized carbons (Fsp3) is 0.667. The minimum atomic E-state index is -0.525. The molecule has 0 aliphatic heterocycles. The van der Waals surface area contributed by atoms with E-state index >= 15 is 0 Å². The lowest BCUT2D eigenvalue weighted by Crippen LogP contribution is -2.40. The van der Waals surface area contributed by atoms with Gasteiger partial charge in [-0.05, 0) is 33.6 Å². The number of carbonyl (C=O) groups is 2. The van der Waals surface area contributed by atoms with Crippen LogP contribution in [-0.4, -0.2) is 47.9 Å². The molecule has 1 heterocycles. The highest BCUT2D eigenvalue weighted by Gasteiger charge is 2.20. The van der Waals surface area contributed by atoms with Crippen LogP contribution in [0.1, 0.15) is 33.5 Å². The molecule has 130 valence electrons. The highest BCUT2D eigenvalue weighted by Crippen LogP contribution is 2.10. The predicted molar refractivity (Wildman–Crippen MR) is 86.3 cm³/mol. The number of rotatable bonds is 5. The van der Waals surface area contributed by atoms with Gasteiger partial charge in [-0.25, -0.2) is 9.59 Å². The fourth-order valence-corrected chi connectivity index (χ4v) is 1.80. The average molecular weight is 326 g/mol. The molecule has 0 aromatic carbocycles. The maximum absolute atomic E-state index is 11.9. The molecule has 8 nitrogen and oxygen atoms in total. The topological polar surface area (TPSA) is 96.7 Å². The first-order valence-corrected chi connectivity index (χ1v) is 7.49. The Balaban J connectivity index is 2.31. The molecule has 1 aromatic heterocycles. The molecule has 0 saturated heterocycles. The lowest BCUT2D eigenvalue weighted by atomic mass is 10.1. The highest BCUT2D eigenvalue weighted by molar-refractivity contribution is 5.88. The number of nitrogens with zero attached hydrogens (tertiary/aromatic N) is 2. The Morgan fingerprint density at radius 1 is 1.43 bits per heavy atom. The Morgan fingerprint density at radius 3 is 2.61 bits per heavy atom. The van der Waals surface area contributed by atoms with Crippen LogP contribution in [0.2, 0.25) is 0 Å². The second kappa shape index (κ2) is 7.85. The van der Waals surface area contributed by atoms with Gasteiger partial charge in [0.25, 0.3) is 0 Å². The number of aryl methyl sites for hydroxylation is 1. The van der Waals surface area contributed by atoms with E-state index < -0.39 is 5.60 Å². The van der Waals surface area contributed by atoms with Gasteiger partial charge in [0.2, 0.25) is 0 Å². The summed E-state index contributed by atoms with van der Waals surface area (Å²) in [6.45, 7) is 10.0. The van der Waals surface area contributed by atoms with Gasteiger partial charge in [-0.3, -0.25) is 5.32 Å². The molecule has 23 heavy (non-hydrogen) atoms. The predicted octanol–water partition coefficient (Wildman–Crippen LogP) is 2.61. The number of ether oxygens (including phenoxy) is 1. The van der Waals surface area contributed by atoms with Gasteiger partial charge in [0.15, 0.2) is 5.82 Å². The van der Waals surface area contributed by atoms with Crippen LogP contribution in [0.15, 0.2) is 10.6 Å². The first-order chi connectivity index (χ1) is 10.6. The number of nitrogens with one attached hydrogen (secondary N) is 2. The lowest BCUT2D eigenvalue weighted by molar-refractivity contribution is 0.0278. The van der Waals surface area contributed by atoms with Crippen LogP contribution in [-0.2, 0) is 4.74 Å². The molecule has 1 unspecified atom stereocenters. The van der Waals surface area contributed by atoms with E-state index in [1.807, 2.05) is 27.7 Å². The molecule has 8 heteroatoms. The van der Waals surface area contributed by atoms with Crippen molar-refractivity contribution in [3.63, 3.8) is 0 Å². The molecule has 3 amide bonds. The molecule has 0 aliphatic carbocycles. The zero-order valence-electron chi connectivity index (χ0n) is 14.6. The van der Waals surface area contributed by atoms with Crippen molar-refractivity contribution in [1.82, 2.24) is 15.4 Å². The summed E-state index contributed by atoms with van der Waals surface area (Å²) in [4.78, 5) is 25.1. The summed E-state index contributed by atoms with van der Waals surface area (Å²) in [6.07, 6.45) is -0.383. The van der Waals surface area contributed by atoms with E-state index in [2.05, 4.69) is 15.8 Å². The third-order valence-electron chi connectivity index (χ3n) is 2.77. The molecular weight excluding hydrogens is 300 g/mol. The van der Waals surface area contributed by atoms with Crippen LogP contribution >= 0.6 is 0 Å². The van der Waals surface area contributed by atoms with Crippen LogP contribution in [0.5, 0.6) is 0 Å². The lowest BCUT2D eigenvalue weighted by Gasteiger charge is -2.26. The number of carbonyl (C=O) groups excluding carboxylic acids is 2. The van der Waals surface area contributed by atoms with Crippen molar-refractivity contribution in [2.45, 2.75) is 40.2 Å². The van der Waals surface area contributed by atoms with Gasteiger partial charge < -0.3 is 19.5 Å². The summed E-state index contributed by atoms with van der Waals surface area (Å²) >= 11 is 0. The quantitative estimate of drug-likeness (QED) is 0.867. The van der Waals surface area contributed by atoms with Crippen LogP contribution in [0.3, 0.4) is 0 Å². The number of aromatic nitrogens is 1. The zero-order chi connectivity index (χ0) is 17.6. The van der Waals surface area contributed by atoms with Crippen molar-refractivity contribution in [3.8, 4) is 0 Å². The molecule has 0 bridgehead atoms. The Kier molecular flexibility index (Phi) is 6.41. The van der Waals surface area contributed by atoms with Gasteiger partial charge >= 0.3 is 12.1 Å². The summed E-state index contributed by atoms with van der Waals surface area (Å²) in [6, 6.07) is 1.25. The van der Waals surface area contributed by atoms with Crippen molar-refractivity contribution in [1.29, 1.82) is 0 Å². The van der Waals surface area contributed by atoms with Crippen molar-refractivity contribution < 1.29 is 18.8 Å². The number of anilines is 1. The van der Waals surface area contributed by atoms with E-state index in [1.165, 1.54) is 4.90 Å². The molecule has 0 saturated carbocycles. The Hall–Kier alpha value is -2.25. The molecule has 0 aliphatic rings. The molecule has 1 atom stereocenters. The van der Waals surface area contributed by atoms with Crippen LogP contribution < -0.4 is 10.6 Å². The van der Waals surface area contributed by atoms with Crippen LogP contribution in [0.25, 0.3) is 0 Å². The largest absolute Gasteiger partial charge is 0.444 e. The van der Waals surface area contributed by atoms with Gasteiger partial charge in [0.05, 0.1) is 0 Å². The van der Waals surface area contributed by atoms with Gasteiger partial charge in [-0.2, -0.15) is 0 Å². The number of amides is 3. The van der Waals surface area contributed by atoms with Crippen molar-refractivity contribution in [3.05, 3.63) is 11.8 Å². The minimum Gasteiger partial charge on any atom is -0.444 e.